The Hall–Kier alpha value is -0.0800. The quantitative estimate of drug-likeness (QED) is 0.728. The maximum absolute atomic E-state index is 3.73. The standard InChI is InChI=1S/C13H28N2/c1-4-13(14-10-11-15(2)3)12-8-6-5-7-9-12/h12-14H,4-11H2,1-3H3. The second-order valence-electron chi connectivity index (χ2n) is 5.17. The normalized spacial score (nSPS) is 20.8. The topological polar surface area (TPSA) is 15.3 Å². The van der Waals surface area contributed by atoms with Crippen molar-refractivity contribution in [2.75, 3.05) is 27.2 Å². The largest absolute Gasteiger partial charge is 0.312 e. The van der Waals surface area contributed by atoms with Crippen molar-refractivity contribution in [3.8, 4) is 0 Å². The van der Waals surface area contributed by atoms with Gasteiger partial charge in [0.15, 0.2) is 0 Å². The molecule has 1 N–H and O–H groups in total. The van der Waals surface area contributed by atoms with Crippen LogP contribution in [0, 0.1) is 5.92 Å². The summed E-state index contributed by atoms with van der Waals surface area (Å²) in [6.45, 7) is 4.62. The fourth-order valence-electron chi connectivity index (χ4n) is 2.65. The van der Waals surface area contributed by atoms with Crippen molar-refractivity contribution in [3.05, 3.63) is 0 Å². The van der Waals surface area contributed by atoms with Crippen LogP contribution in [-0.2, 0) is 0 Å². The Morgan fingerprint density at radius 2 is 1.87 bits per heavy atom. The van der Waals surface area contributed by atoms with Crippen molar-refractivity contribution in [3.63, 3.8) is 0 Å². The summed E-state index contributed by atoms with van der Waals surface area (Å²) in [6.07, 6.45) is 8.57. The molecular weight excluding hydrogens is 184 g/mol. The zero-order chi connectivity index (χ0) is 11.1. The first-order valence-corrected chi connectivity index (χ1v) is 6.62. The first-order chi connectivity index (χ1) is 7.24. The fraction of sp³-hybridized carbons (Fsp3) is 1.00. The van der Waals surface area contributed by atoms with E-state index in [1.165, 1.54) is 38.5 Å². The van der Waals surface area contributed by atoms with E-state index in [1.54, 1.807) is 0 Å². The third-order valence-electron chi connectivity index (χ3n) is 3.62. The predicted octanol–water partition coefficient (Wildman–Crippen LogP) is 2.50. The molecule has 0 heterocycles. The number of rotatable bonds is 6. The van der Waals surface area contributed by atoms with Crippen LogP contribution in [0.2, 0.25) is 0 Å². The number of nitrogens with zero attached hydrogens (tertiary/aromatic N) is 1. The van der Waals surface area contributed by atoms with E-state index < -0.39 is 0 Å². The van der Waals surface area contributed by atoms with Crippen LogP contribution < -0.4 is 5.32 Å². The average molecular weight is 212 g/mol. The number of hydrogen-bond donors (Lipinski definition) is 1. The molecule has 1 atom stereocenters. The molecule has 0 aliphatic heterocycles. The van der Waals surface area contributed by atoms with Gasteiger partial charge in [-0.2, -0.15) is 0 Å². The Labute approximate surface area is 95.4 Å². The Balaban J connectivity index is 2.21. The van der Waals surface area contributed by atoms with Crippen LogP contribution in [-0.4, -0.2) is 38.1 Å². The zero-order valence-corrected chi connectivity index (χ0v) is 10.8. The van der Waals surface area contributed by atoms with Crippen molar-refractivity contribution in [2.45, 2.75) is 51.5 Å². The first-order valence-electron chi connectivity index (χ1n) is 6.62. The van der Waals surface area contributed by atoms with Gasteiger partial charge in [0.2, 0.25) is 0 Å². The number of nitrogens with one attached hydrogen (secondary N) is 1. The summed E-state index contributed by atoms with van der Waals surface area (Å²) in [4.78, 5) is 2.25. The first kappa shape index (κ1) is 13.0. The zero-order valence-electron chi connectivity index (χ0n) is 10.8. The predicted molar refractivity (Wildman–Crippen MR) is 67.2 cm³/mol. The summed E-state index contributed by atoms with van der Waals surface area (Å²) in [7, 11) is 4.28. The lowest BCUT2D eigenvalue weighted by molar-refractivity contribution is 0.256. The van der Waals surface area contributed by atoms with Crippen molar-refractivity contribution >= 4 is 0 Å². The van der Waals surface area contributed by atoms with Crippen LogP contribution in [0.25, 0.3) is 0 Å². The molecule has 1 aliphatic carbocycles. The molecule has 1 aliphatic rings. The van der Waals surface area contributed by atoms with Crippen LogP contribution >= 0.6 is 0 Å². The van der Waals surface area contributed by atoms with E-state index in [0.717, 1.165) is 25.0 Å². The van der Waals surface area contributed by atoms with Gasteiger partial charge in [0.1, 0.15) is 0 Å². The molecule has 0 bridgehead atoms. The smallest absolute Gasteiger partial charge is 0.0101 e. The van der Waals surface area contributed by atoms with Gasteiger partial charge in [-0.3, -0.25) is 0 Å². The molecule has 0 amide bonds. The maximum Gasteiger partial charge on any atom is 0.0101 e. The van der Waals surface area contributed by atoms with E-state index in [4.69, 9.17) is 0 Å². The number of hydrogen-bond acceptors (Lipinski definition) is 2. The summed E-state index contributed by atoms with van der Waals surface area (Å²) in [5.74, 6) is 0.950. The highest BCUT2D eigenvalue weighted by Gasteiger charge is 2.21. The van der Waals surface area contributed by atoms with Gasteiger partial charge in [-0.1, -0.05) is 26.2 Å². The summed E-state index contributed by atoms with van der Waals surface area (Å²) in [5, 5.41) is 3.73. The summed E-state index contributed by atoms with van der Waals surface area (Å²) in [6, 6.07) is 0.769. The third-order valence-corrected chi connectivity index (χ3v) is 3.62. The van der Waals surface area contributed by atoms with Crippen molar-refractivity contribution in [1.82, 2.24) is 10.2 Å². The minimum atomic E-state index is 0.769. The Morgan fingerprint density at radius 3 is 2.40 bits per heavy atom. The lowest BCUT2D eigenvalue weighted by Crippen LogP contribution is -2.40. The van der Waals surface area contributed by atoms with Gasteiger partial charge in [0, 0.05) is 19.1 Å². The fourth-order valence-corrected chi connectivity index (χ4v) is 2.65. The van der Waals surface area contributed by atoms with Crippen LogP contribution in [0.15, 0.2) is 0 Å². The van der Waals surface area contributed by atoms with Gasteiger partial charge in [-0.15, -0.1) is 0 Å². The monoisotopic (exact) mass is 212 g/mol. The molecule has 1 rings (SSSR count). The average Bonchev–Trinajstić information content (AvgIpc) is 2.25. The molecule has 1 unspecified atom stereocenters. The van der Waals surface area contributed by atoms with Gasteiger partial charge >= 0.3 is 0 Å². The van der Waals surface area contributed by atoms with E-state index in [2.05, 4.69) is 31.2 Å². The highest BCUT2D eigenvalue weighted by molar-refractivity contribution is 4.78. The highest BCUT2D eigenvalue weighted by atomic mass is 15.1. The lowest BCUT2D eigenvalue weighted by Gasteiger charge is -2.30. The molecule has 90 valence electrons. The summed E-state index contributed by atoms with van der Waals surface area (Å²) in [5.41, 5.74) is 0. The van der Waals surface area contributed by atoms with Crippen LogP contribution in [0.4, 0.5) is 0 Å². The third kappa shape index (κ3) is 4.98. The van der Waals surface area contributed by atoms with E-state index in [9.17, 15) is 0 Å². The Morgan fingerprint density at radius 1 is 1.20 bits per heavy atom. The molecule has 0 aromatic carbocycles. The molecule has 15 heavy (non-hydrogen) atoms. The van der Waals surface area contributed by atoms with E-state index >= 15 is 0 Å². The van der Waals surface area contributed by atoms with Gasteiger partial charge in [-0.05, 0) is 39.3 Å². The molecule has 0 aromatic rings. The molecule has 1 saturated carbocycles. The SMILES string of the molecule is CCC(NCCN(C)C)C1CCCCC1. The maximum atomic E-state index is 3.73. The van der Waals surface area contributed by atoms with E-state index in [1.807, 2.05) is 0 Å². The van der Waals surface area contributed by atoms with Gasteiger partial charge in [0.25, 0.3) is 0 Å². The minimum absolute atomic E-state index is 0.769. The second kappa shape index (κ2) is 7.24. The highest BCUT2D eigenvalue weighted by Crippen LogP contribution is 2.27. The lowest BCUT2D eigenvalue weighted by atomic mass is 9.83. The minimum Gasteiger partial charge on any atom is -0.312 e. The molecule has 0 radical (unpaired) electrons. The van der Waals surface area contributed by atoms with Crippen LogP contribution in [0.5, 0.6) is 0 Å². The van der Waals surface area contributed by atoms with Crippen molar-refractivity contribution in [1.29, 1.82) is 0 Å². The molecule has 0 aromatic heterocycles. The van der Waals surface area contributed by atoms with Crippen molar-refractivity contribution < 1.29 is 0 Å². The molecule has 2 nitrogen and oxygen atoms in total. The van der Waals surface area contributed by atoms with Gasteiger partial charge < -0.3 is 10.2 Å². The molecular formula is C13H28N2. The van der Waals surface area contributed by atoms with Gasteiger partial charge in [0.05, 0.1) is 0 Å². The van der Waals surface area contributed by atoms with Crippen LogP contribution in [0.1, 0.15) is 45.4 Å². The Kier molecular flexibility index (Phi) is 6.26. The molecule has 2 heteroatoms. The summed E-state index contributed by atoms with van der Waals surface area (Å²) < 4.78 is 0. The van der Waals surface area contributed by atoms with Crippen molar-refractivity contribution in [2.24, 2.45) is 5.92 Å². The second-order valence-corrected chi connectivity index (χ2v) is 5.17. The van der Waals surface area contributed by atoms with E-state index in [-0.39, 0.29) is 0 Å². The molecule has 0 saturated heterocycles. The number of likely N-dealkylation sites (N-methyl/N-ethyl adjacent to an activating group) is 1. The van der Waals surface area contributed by atoms with Crippen LogP contribution in [0.3, 0.4) is 0 Å². The van der Waals surface area contributed by atoms with E-state index in [0.29, 0.717) is 0 Å². The Bertz CT molecular complexity index is 151. The van der Waals surface area contributed by atoms with Gasteiger partial charge in [-0.25, -0.2) is 0 Å². The summed E-state index contributed by atoms with van der Waals surface area (Å²) >= 11 is 0. The molecule has 0 spiro atoms. The molecule has 1 fully saturated rings.